The molecule has 2 amide bonds. The van der Waals surface area contributed by atoms with Crippen LogP contribution < -0.4 is 5.32 Å². The van der Waals surface area contributed by atoms with Crippen molar-refractivity contribution in [3.63, 3.8) is 0 Å². The van der Waals surface area contributed by atoms with Gasteiger partial charge in [0.1, 0.15) is 12.6 Å². The van der Waals surface area contributed by atoms with Crippen LogP contribution >= 0.6 is 0 Å². The van der Waals surface area contributed by atoms with Crippen molar-refractivity contribution in [2.24, 2.45) is 0 Å². The van der Waals surface area contributed by atoms with E-state index < -0.39 is 18.1 Å². The van der Waals surface area contributed by atoms with E-state index >= 15 is 0 Å². The molecule has 7 heteroatoms. The van der Waals surface area contributed by atoms with Crippen molar-refractivity contribution in [2.75, 3.05) is 19.7 Å². The van der Waals surface area contributed by atoms with Crippen molar-refractivity contribution in [2.45, 2.75) is 26.0 Å². The minimum absolute atomic E-state index is 0.115. The fraction of sp³-hybridized carbons (Fsp3) is 0.438. The number of ether oxygens (including phenoxy) is 2. The van der Waals surface area contributed by atoms with Crippen LogP contribution in [0.2, 0.25) is 0 Å². The Labute approximate surface area is 134 Å². The van der Waals surface area contributed by atoms with E-state index in [4.69, 9.17) is 9.47 Å². The molecule has 23 heavy (non-hydrogen) atoms. The van der Waals surface area contributed by atoms with Gasteiger partial charge >= 0.3 is 12.1 Å². The summed E-state index contributed by atoms with van der Waals surface area (Å²) in [5, 5.41) is 2.64. The zero-order chi connectivity index (χ0) is 16.7. The fourth-order valence-corrected chi connectivity index (χ4v) is 2.32. The highest BCUT2D eigenvalue weighted by Crippen LogP contribution is 2.13. The smallest absolute Gasteiger partial charge is 0.410 e. The summed E-state index contributed by atoms with van der Waals surface area (Å²) in [6.07, 6.45) is -0.793. The summed E-state index contributed by atoms with van der Waals surface area (Å²) in [6, 6.07) is 8.35. The number of hydrogen-bond donors (Lipinski definition) is 1. The van der Waals surface area contributed by atoms with Gasteiger partial charge in [-0.15, -0.1) is 0 Å². The molecule has 1 aliphatic rings. The maximum Gasteiger partial charge on any atom is 0.410 e. The van der Waals surface area contributed by atoms with Gasteiger partial charge < -0.3 is 14.8 Å². The standard InChI is InChI=1S/C16H20N2O5/c1-2-22-14(19)10-13-15(20)17-8-9-18(13)16(21)23-11-12-6-4-3-5-7-12/h3-7,13H,2,8-11H2,1H3,(H,17,20). The first-order chi connectivity index (χ1) is 11.1. The van der Waals surface area contributed by atoms with Gasteiger partial charge in [0.25, 0.3) is 0 Å². The van der Waals surface area contributed by atoms with E-state index in [9.17, 15) is 14.4 Å². The largest absolute Gasteiger partial charge is 0.466 e. The number of nitrogens with one attached hydrogen (secondary N) is 1. The Kier molecular flexibility index (Phi) is 5.96. The van der Waals surface area contributed by atoms with Gasteiger partial charge in [-0.1, -0.05) is 30.3 Å². The average molecular weight is 320 g/mol. The van der Waals surface area contributed by atoms with E-state index in [1.165, 1.54) is 4.90 Å². The van der Waals surface area contributed by atoms with Crippen LogP contribution in [0, 0.1) is 0 Å². The molecule has 1 N–H and O–H groups in total. The molecule has 0 bridgehead atoms. The van der Waals surface area contributed by atoms with E-state index in [-0.39, 0.29) is 25.5 Å². The molecule has 0 saturated carbocycles. The lowest BCUT2D eigenvalue weighted by atomic mass is 10.1. The molecule has 1 atom stereocenters. The quantitative estimate of drug-likeness (QED) is 0.821. The highest BCUT2D eigenvalue weighted by atomic mass is 16.6. The number of benzene rings is 1. The third-order valence-corrected chi connectivity index (χ3v) is 3.44. The molecule has 0 aliphatic carbocycles. The Morgan fingerprint density at radius 1 is 1.26 bits per heavy atom. The minimum Gasteiger partial charge on any atom is -0.466 e. The Bertz CT molecular complexity index is 561. The van der Waals surface area contributed by atoms with E-state index in [0.29, 0.717) is 13.1 Å². The number of esters is 1. The summed E-state index contributed by atoms with van der Waals surface area (Å²) in [7, 11) is 0. The van der Waals surface area contributed by atoms with Crippen LogP contribution in [0.25, 0.3) is 0 Å². The van der Waals surface area contributed by atoms with Crippen LogP contribution in [0.1, 0.15) is 18.9 Å². The third kappa shape index (κ3) is 4.70. The molecule has 7 nitrogen and oxygen atoms in total. The van der Waals surface area contributed by atoms with E-state index in [2.05, 4.69) is 5.32 Å². The van der Waals surface area contributed by atoms with Crippen molar-refractivity contribution in [1.82, 2.24) is 10.2 Å². The number of nitrogens with zero attached hydrogens (tertiary/aromatic N) is 1. The molecule has 1 saturated heterocycles. The number of amides is 2. The zero-order valence-corrected chi connectivity index (χ0v) is 13.0. The summed E-state index contributed by atoms with van der Waals surface area (Å²) in [4.78, 5) is 37.1. The Hall–Kier alpha value is -2.57. The molecule has 0 radical (unpaired) electrons. The van der Waals surface area contributed by atoms with Crippen molar-refractivity contribution < 1.29 is 23.9 Å². The number of hydrogen-bond acceptors (Lipinski definition) is 5. The van der Waals surface area contributed by atoms with Gasteiger partial charge in [-0.3, -0.25) is 14.5 Å². The Morgan fingerprint density at radius 3 is 2.70 bits per heavy atom. The topological polar surface area (TPSA) is 84.9 Å². The molecule has 124 valence electrons. The second-order valence-electron chi connectivity index (χ2n) is 5.05. The summed E-state index contributed by atoms with van der Waals surface area (Å²) in [5.74, 6) is -0.892. The summed E-state index contributed by atoms with van der Waals surface area (Å²) in [5.41, 5.74) is 0.851. The van der Waals surface area contributed by atoms with E-state index in [1.54, 1.807) is 6.92 Å². The fourth-order valence-electron chi connectivity index (χ4n) is 2.32. The van der Waals surface area contributed by atoms with Crippen molar-refractivity contribution in [3.05, 3.63) is 35.9 Å². The Balaban J connectivity index is 1.97. The second kappa shape index (κ2) is 8.17. The van der Waals surface area contributed by atoms with Crippen LogP contribution in [0.3, 0.4) is 0 Å². The lowest BCUT2D eigenvalue weighted by Crippen LogP contribution is -2.57. The van der Waals surface area contributed by atoms with Crippen LogP contribution in [0.4, 0.5) is 4.79 Å². The lowest BCUT2D eigenvalue weighted by Gasteiger charge is -2.33. The van der Waals surface area contributed by atoms with Crippen molar-refractivity contribution in [1.29, 1.82) is 0 Å². The lowest BCUT2D eigenvalue weighted by molar-refractivity contribution is -0.147. The number of carbonyl (C=O) groups is 3. The molecule has 1 unspecified atom stereocenters. The second-order valence-corrected chi connectivity index (χ2v) is 5.05. The molecule has 1 aliphatic heterocycles. The number of carbonyl (C=O) groups excluding carboxylic acids is 3. The molecule has 1 fully saturated rings. The third-order valence-electron chi connectivity index (χ3n) is 3.44. The van der Waals surface area contributed by atoms with E-state index in [1.807, 2.05) is 30.3 Å². The minimum atomic E-state index is -0.897. The van der Waals surface area contributed by atoms with Gasteiger partial charge in [-0.05, 0) is 12.5 Å². The first kappa shape index (κ1) is 16.8. The number of rotatable bonds is 5. The molecule has 0 aromatic heterocycles. The monoisotopic (exact) mass is 320 g/mol. The molecule has 0 spiro atoms. The first-order valence-corrected chi connectivity index (χ1v) is 7.52. The van der Waals surface area contributed by atoms with Gasteiger partial charge in [-0.2, -0.15) is 0 Å². The van der Waals surface area contributed by atoms with E-state index in [0.717, 1.165) is 5.56 Å². The predicted molar refractivity (Wildman–Crippen MR) is 81.4 cm³/mol. The molecular weight excluding hydrogens is 300 g/mol. The van der Waals surface area contributed by atoms with Gasteiger partial charge in [0.2, 0.25) is 5.91 Å². The van der Waals surface area contributed by atoms with Gasteiger partial charge in [-0.25, -0.2) is 4.79 Å². The summed E-state index contributed by atoms with van der Waals surface area (Å²) >= 11 is 0. The van der Waals surface area contributed by atoms with Crippen LogP contribution in [0.5, 0.6) is 0 Å². The van der Waals surface area contributed by atoms with Crippen molar-refractivity contribution in [3.8, 4) is 0 Å². The average Bonchev–Trinajstić information content (AvgIpc) is 2.55. The maximum absolute atomic E-state index is 12.2. The molecule has 1 aromatic rings. The molecular formula is C16H20N2O5. The number of piperazine rings is 1. The normalized spacial score (nSPS) is 17.3. The highest BCUT2D eigenvalue weighted by molar-refractivity contribution is 5.90. The highest BCUT2D eigenvalue weighted by Gasteiger charge is 2.36. The Morgan fingerprint density at radius 2 is 2.00 bits per heavy atom. The van der Waals surface area contributed by atoms with Gasteiger partial charge in [0, 0.05) is 13.1 Å². The maximum atomic E-state index is 12.2. The van der Waals surface area contributed by atoms with Crippen LogP contribution in [-0.2, 0) is 25.7 Å². The van der Waals surface area contributed by atoms with Crippen LogP contribution in [-0.4, -0.2) is 48.6 Å². The SMILES string of the molecule is CCOC(=O)CC1C(=O)NCCN1C(=O)OCc1ccccc1. The van der Waals surface area contributed by atoms with Gasteiger partial charge in [0.15, 0.2) is 0 Å². The van der Waals surface area contributed by atoms with Crippen molar-refractivity contribution >= 4 is 18.0 Å². The summed E-state index contributed by atoms with van der Waals surface area (Å²) in [6.45, 7) is 2.66. The molecule has 1 aromatic carbocycles. The first-order valence-electron chi connectivity index (χ1n) is 7.52. The zero-order valence-electron chi connectivity index (χ0n) is 13.0. The predicted octanol–water partition coefficient (Wildman–Crippen LogP) is 1.08. The molecule has 2 rings (SSSR count). The molecule has 1 heterocycles. The summed E-state index contributed by atoms with van der Waals surface area (Å²) < 4.78 is 10.1. The van der Waals surface area contributed by atoms with Gasteiger partial charge in [0.05, 0.1) is 13.0 Å². The van der Waals surface area contributed by atoms with Crippen LogP contribution in [0.15, 0.2) is 30.3 Å².